The second-order valence-corrected chi connectivity index (χ2v) is 8.07. The van der Waals surface area contributed by atoms with Gasteiger partial charge in [-0.2, -0.15) is 0 Å². The highest BCUT2D eigenvalue weighted by molar-refractivity contribution is 5.92. The molecule has 0 saturated heterocycles. The molecule has 3 aromatic carbocycles. The van der Waals surface area contributed by atoms with E-state index >= 15 is 0 Å². The number of hydrogen-bond donors (Lipinski definition) is 2. The van der Waals surface area contributed by atoms with Gasteiger partial charge in [-0.25, -0.2) is 0 Å². The van der Waals surface area contributed by atoms with Crippen LogP contribution in [0.2, 0.25) is 0 Å². The highest BCUT2D eigenvalue weighted by atomic mass is 16.5. The van der Waals surface area contributed by atoms with Crippen LogP contribution in [0.3, 0.4) is 0 Å². The SMILES string of the molecule is COc1ccc2cc(CNc3ccccc3)c(=O)n(CC(=O)Nc3ccc(C)cc3C)c2c1. The summed E-state index contributed by atoms with van der Waals surface area (Å²) in [6.07, 6.45) is 0. The number of fused-ring (bicyclic) bond motifs is 1. The maximum Gasteiger partial charge on any atom is 0.256 e. The molecule has 0 atom stereocenters. The third kappa shape index (κ3) is 5.06. The Morgan fingerprint density at radius 3 is 2.48 bits per heavy atom. The van der Waals surface area contributed by atoms with E-state index in [2.05, 4.69) is 10.6 Å². The first-order valence-corrected chi connectivity index (χ1v) is 10.8. The molecule has 1 heterocycles. The van der Waals surface area contributed by atoms with Crippen molar-refractivity contribution in [2.45, 2.75) is 26.9 Å². The maximum absolute atomic E-state index is 13.4. The van der Waals surface area contributed by atoms with Crippen LogP contribution in [-0.2, 0) is 17.9 Å². The standard InChI is InChI=1S/C27H27N3O3/c1-18-9-12-24(19(2)13-18)29-26(31)17-30-25-15-23(33-3)11-10-20(25)14-21(27(30)32)16-28-22-7-5-4-6-8-22/h4-15,28H,16-17H2,1-3H3,(H,29,31). The topological polar surface area (TPSA) is 72.4 Å². The van der Waals surface area contributed by atoms with Crippen LogP contribution < -0.4 is 20.9 Å². The van der Waals surface area contributed by atoms with Gasteiger partial charge in [0.1, 0.15) is 12.3 Å². The number of nitrogens with zero attached hydrogens (tertiary/aromatic N) is 1. The number of anilines is 2. The Labute approximate surface area is 192 Å². The predicted molar refractivity (Wildman–Crippen MR) is 133 cm³/mol. The normalized spacial score (nSPS) is 10.8. The molecule has 1 amide bonds. The lowest BCUT2D eigenvalue weighted by Gasteiger charge is -2.15. The van der Waals surface area contributed by atoms with E-state index in [9.17, 15) is 9.59 Å². The Balaban J connectivity index is 1.68. The lowest BCUT2D eigenvalue weighted by molar-refractivity contribution is -0.116. The molecule has 0 fully saturated rings. The predicted octanol–water partition coefficient (Wildman–Crippen LogP) is 4.88. The molecule has 6 nitrogen and oxygen atoms in total. The number of ether oxygens (including phenoxy) is 1. The van der Waals surface area contributed by atoms with Crippen molar-refractivity contribution in [3.05, 3.63) is 99.8 Å². The van der Waals surface area contributed by atoms with E-state index < -0.39 is 0 Å². The van der Waals surface area contributed by atoms with E-state index in [0.717, 1.165) is 27.9 Å². The van der Waals surface area contributed by atoms with Gasteiger partial charge in [-0.1, -0.05) is 35.9 Å². The summed E-state index contributed by atoms with van der Waals surface area (Å²) in [6, 6.07) is 22.9. The molecular formula is C27H27N3O3. The van der Waals surface area contributed by atoms with Crippen molar-refractivity contribution >= 4 is 28.2 Å². The van der Waals surface area contributed by atoms with Gasteiger partial charge in [-0.05, 0) is 61.2 Å². The highest BCUT2D eigenvalue weighted by Crippen LogP contribution is 2.22. The average molecular weight is 442 g/mol. The van der Waals surface area contributed by atoms with Crippen molar-refractivity contribution in [1.82, 2.24) is 4.57 Å². The zero-order chi connectivity index (χ0) is 23.4. The minimum Gasteiger partial charge on any atom is -0.497 e. The lowest BCUT2D eigenvalue weighted by atomic mass is 10.1. The number of pyridine rings is 1. The van der Waals surface area contributed by atoms with Crippen LogP contribution in [0.15, 0.2) is 77.6 Å². The fraction of sp³-hybridized carbons (Fsp3) is 0.185. The molecular weight excluding hydrogens is 414 g/mol. The van der Waals surface area contributed by atoms with Crippen LogP contribution in [0.4, 0.5) is 11.4 Å². The number of amides is 1. The third-order valence-electron chi connectivity index (χ3n) is 5.59. The Bertz CT molecular complexity index is 1360. The first-order chi connectivity index (χ1) is 15.9. The zero-order valence-corrected chi connectivity index (χ0v) is 19.0. The van der Waals surface area contributed by atoms with Gasteiger partial charge < -0.3 is 15.4 Å². The van der Waals surface area contributed by atoms with E-state index in [1.807, 2.05) is 80.6 Å². The van der Waals surface area contributed by atoms with Gasteiger partial charge in [-0.15, -0.1) is 0 Å². The number of para-hydroxylation sites is 1. The molecule has 33 heavy (non-hydrogen) atoms. The van der Waals surface area contributed by atoms with Crippen molar-refractivity contribution < 1.29 is 9.53 Å². The van der Waals surface area contributed by atoms with E-state index in [4.69, 9.17) is 4.74 Å². The highest BCUT2D eigenvalue weighted by Gasteiger charge is 2.14. The molecule has 0 bridgehead atoms. The summed E-state index contributed by atoms with van der Waals surface area (Å²) in [5.74, 6) is 0.363. The van der Waals surface area contributed by atoms with Crippen LogP contribution in [0.25, 0.3) is 10.9 Å². The molecule has 0 radical (unpaired) electrons. The number of aryl methyl sites for hydroxylation is 2. The van der Waals surface area contributed by atoms with Crippen LogP contribution in [-0.4, -0.2) is 17.6 Å². The molecule has 0 aliphatic carbocycles. The summed E-state index contributed by atoms with van der Waals surface area (Å²) >= 11 is 0. The quantitative estimate of drug-likeness (QED) is 0.429. The minimum atomic E-state index is -0.263. The van der Waals surface area contributed by atoms with Crippen LogP contribution >= 0.6 is 0 Å². The average Bonchev–Trinajstić information content (AvgIpc) is 2.82. The molecule has 0 aliphatic heterocycles. The largest absolute Gasteiger partial charge is 0.497 e. The second kappa shape index (κ2) is 9.61. The van der Waals surface area contributed by atoms with Gasteiger partial charge >= 0.3 is 0 Å². The van der Waals surface area contributed by atoms with Gasteiger partial charge in [0.15, 0.2) is 0 Å². The van der Waals surface area contributed by atoms with Crippen LogP contribution in [0.5, 0.6) is 5.75 Å². The van der Waals surface area contributed by atoms with E-state index in [1.165, 1.54) is 4.57 Å². The van der Waals surface area contributed by atoms with Crippen molar-refractivity contribution in [2.24, 2.45) is 0 Å². The Hall–Kier alpha value is -4.06. The molecule has 0 spiro atoms. The Morgan fingerprint density at radius 2 is 1.76 bits per heavy atom. The molecule has 4 rings (SSSR count). The fourth-order valence-corrected chi connectivity index (χ4v) is 3.86. The first kappa shape index (κ1) is 22.1. The molecule has 1 aromatic heterocycles. The maximum atomic E-state index is 13.4. The summed E-state index contributed by atoms with van der Waals surface area (Å²) in [6.45, 7) is 4.20. The van der Waals surface area contributed by atoms with E-state index in [-0.39, 0.29) is 18.0 Å². The minimum absolute atomic E-state index is 0.102. The summed E-state index contributed by atoms with van der Waals surface area (Å²) in [5, 5.41) is 7.08. The monoisotopic (exact) mass is 441 g/mol. The van der Waals surface area contributed by atoms with Crippen LogP contribution in [0, 0.1) is 13.8 Å². The molecule has 168 valence electrons. The van der Waals surface area contributed by atoms with Gasteiger partial charge in [0.25, 0.3) is 5.56 Å². The van der Waals surface area contributed by atoms with Crippen molar-refractivity contribution in [2.75, 3.05) is 17.7 Å². The fourth-order valence-electron chi connectivity index (χ4n) is 3.86. The number of nitrogens with one attached hydrogen (secondary N) is 2. The smallest absolute Gasteiger partial charge is 0.256 e. The summed E-state index contributed by atoms with van der Waals surface area (Å²) in [5.41, 5.74) is 4.78. The number of hydrogen-bond acceptors (Lipinski definition) is 4. The van der Waals surface area contributed by atoms with Gasteiger partial charge in [0, 0.05) is 29.5 Å². The Kier molecular flexibility index (Phi) is 6.45. The first-order valence-electron chi connectivity index (χ1n) is 10.8. The molecule has 6 heteroatoms. The van der Waals surface area contributed by atoms with Gasteiger partial charge in [0.2, 0.25) is 5.91 Å². The summed E-state index contributed by atoms with van der Waals surface area (Å²) in [4.78, 5) is 26.3. The zero-order valence-electron chi connectivity index (χ0n) is 19.0. The van der Waals surface area contributed by atoms with Crippen molar-refractivity contribution in [1.29, 1.82) is 0 Å². The van der Waals surface area contributed by atoms with Crippen molar-refractivity contribution in [3.63, 3.8) is 0 Å². The number of methoxy groups -OCH3 is 1. The number of aromatic nitrogens is 1. The molecule has 2 N–H and O–H groups in total. The summed E-state index contributed by atoms with van der Waals surface area (Å²) < 4.78 is 6.86. The molecule has 0 unspecified atom stereocenters. The van der Waals surface area contributed by atoms with Gasteiger partial charge in [-0.3, -0.25) is 14.2 Å². The lowest BCUT2D eigenvalue weighted by Crippen LogP contribution is -2.30. The van der Waals surface area contributed by atoms with E-state index in [0.29, 0.717) is 23.4 Å². The number of benzene rings is 3. The van der Waals surface area contributed by atoms with Crippen LogP contribution in [0.1, 0.15) is 16.7 Å². The number of carbonyl (C=O) groups excluding carboxylic acids is 1. The second-order valence-electron chi connectivity index (χ2n) is 8.07. The molecule has 0 aliphatic rings. The number of rotatable bonds is 7. The number of carbonyl (C=O) groups is 1. The Morgan fingerprint density at radius 1 is 0.970 bits per heavy atom. The third-order valence-corrected chi connectivity index (χ3v) is 5.59. The summed E-state index contributed by atoms with van der Waals surface area (Å²) in [7, 11) is 1.58. The van der Waals surface area contributed by atoms with Gasteiger partial charge in [0.05, 0.1) is 12.6 Å². The van der Waals surface area contributed by atoms with Crippen molar-refractivity contribution in [3.8, 4) is 5.75 Å². The van der Waals surface area contributed by atoms with E-state index in [1.54, 1.807) is 13.2 Å². The molecule has 0 saturated carbocycles. The molecule has 4 aromatic rings.